The predicted octanol–water partition coefficient (Wildman–Crippen LogP) is 6.40. The highest BCUT2D eigenvalue weighted by molar-refractivity contribution is 5.91. The number of aromatic nitrogens is 1. The first kappa shape index (κ1) is 22.7. The van der Waals surface area contributed by atoms with Crippen LogP contribution in [0.15, 0.2) is 53.8 Å². The number of aromatic hydroxyl groups is 1. The molecule has 0 saturated heterocycles. The van der Waals surface area contributed by atoms with Crippen LogP contribution in [0.5, 0.6) is 5.75 Å². The molecule has 0 aliphatic rings. The zero-order chi connectivity index (χ0) is 20.5. The quantitative estimate of drug-likeness (QED) is 0.387. The maximum atomic E-state index is 10.7. The van der Waals surface area contributed by atoms with Crippen LogP contribution in [0.2, 0.25) is 0 Å². The molecule has 0 amide bonds. The third kappa shape index (κ3) is 5.07. The first-order valence-electron chi connectivity index (χ1n) is 9.58. The molecule has 0 atom stereocenters. The first-order chi connectivity index (χ1) is 13.1. The number of hydrogen-bond donors (Lipinski definition) is 2. The van der Waals surface area contributed by atoms with Crippen molar-refractivity contribution in [3.63, 3.8) is 0 Å². The fraction of sp³-hybridized carbons (Fsp3) is 0.333. The van der Waals surface area contributed by atoms with Crippen molar-refractivity contribution in [1.29, 1.82) is 0 Å². The van der Waals surface area contributed by atoms with Gasteiger partial charge >= 0.3 is 0 Å². The van der Waals surface area contributed by atoms with Crippen molar-refractivity contribution >= 4 is 35.2 Å². The summed E-state index contributed by atoms with van der Waals surface area (Å²) in [4.78, 5) is 4.43. The van der Waals surface area contributed by atoms with Crippen LogP contribution >= 0.6 is 12.4 Å². The minimum Gasteiger partial charge on any atom is -0.507 e. The first-order valence-corrected chi connectivity index (χ1v) is 9.58. The van der Waals surface area contributed by atoms with Gasteiger partial charge < -0.3 is 5.11 Å². The number of hydrogen-bond acceptors (Lipinski definition) is 4. The van der Waals surface area contributed by atoms with Gasteiger partial charge in [0.1, 0.15) is 5.75 Å². The third-order valence-electron chi connectivity index (χ3n) is 4.84. The molecule has 0 fully saturated rings. The molecule has 0 bridgehead atoms. The van der Waals surface area contributed by atoms with E-state index in [0.717, 1.165) is 33.3 Å². The number of anilines is 1. The number of nitrogens with zero attached hydrogens (tertiary/aromatic N) is 2. The van der Waals surface area contributed by atoms with Crippen LogP contribution in [0.1, 0.15) is 58.2 Å². The van der Waals surface area contributed by atoms with E-state index in [1.165, 1.54) is 0 Å². The van der Waals surface area contributed by atoms with Gasteiger partial charge in [0.25, 0.3) is 0 Å². The molecule has 1 heterocycles. The normalized spacial score (nSPS) is 12.2. The van der Waals surface area contributed by atoms with Crippen molar-refractivity contribution in [1.82, 2.24) is 4.98 Å². The summed E-state index contributed by atoms with van der Waals surface area (Å²) in [5.41, 5.74) is 7.53. The van der Waals surface area contributed by atoms with Gasteiger partial charge in [0.15, 0.2) is 0 Å². The molecule has 2 aromatic carbocycles. The monoisotopic (exact) mass is 411 g/mol. The molecule has 0 saturated carbocycles. The van der Waals surface area contributed by atoms with Gasteiger partial charge in [0.05, 0.1) is 17.4 Å². The SMILES string of the molecule is CC(C)(C)c1cc(O)c(C=NNc2cccc3cccnc23)c(C(C)(C)C)c1.Cl. The van der Waals surface area contributed by atoms with Gasteiger partial charge in [-0.25, -0.2) is 0 Å². The van der Waals surface area contributed by atoms with Gasteiger partial charge in [0, 0.05) is 17.1 Å². The second-order valence-corrected chi connectivity index (χ2v) is 9.21. The summed E-state index contributed by atoms with van der Waals surface area (Å²) in [6.07, 6.45) is 3.47. The summed E-state index contributed by atoms with van der Waals surface area (Å²) in [7, 11) is 0. The van der Waals surface area contributed by atoms with Gasteiger partial charge in [0.2, 0.25) is 0 Å². The lowest BCUT2D eigenvalue weighted by atomic mass is 9.78. The molecule has 3 aromatic rings. The highest BCUT2D eigenvalue weighted by Crippen LogP contribution is 2.35. The number of phenols is 1. The number of halogens is 1. The number of pyridine rings is 1. The van der Waals surface area contributed by atoms with Crippen LogP contribution in [0.3, 0.4) is 0 Å². The number of benzene rings is 2. The standard InChI is InChI=1S/C24H29N3O.ClH/c1-23(2,3)17-13-19(24(4,5)6)18(21(28)14-17)15-26-27-20-11-7-9-16-10-8-12-25-22(16)20;/h7-15,27-28H,1-6H3;1H. The number of nitrogens with one attached hydrogen (secondary N) is 1. The summed E-state index contributed by atoms with van der Waals surface area (Å²) in [5.74, 6) is 0.249. The van der Waals surface area contributed by atoms with Gasteiger partial charge in [-0.3, -0.25) is 10.4 Å². The largest absolute Gasteiger partial charge is 0.507 e. The van der Waals surface area contributed by atoms with Crippen LogP contribution in [0.4, 0.5) is 5.69 Å². The van der Waals surface area contributed by atoms with Gasteiger partial charge in [-0.15, -0.1) is 12.4 Å². The Bertz CT molecular complexity index is 1030. The van der Waals surface area contributed by atoms with E-state index in [4.69, 9.17) is 0 Å². The third-order valence-corrected chi connectivity index (χ3v) is 4.84. The van der Waals surface area contributed by atoms with Crippen molar-refractivity contribution < 1.29 is 5.11 Å². The predicted molar refractivity (Wildman–Crippen MR) is 126 cm³/mol. The van der Waals surface area contributed by atoms with E-state index in [9.17, 15) is 5.11 Å². The fourth-order valence-corrected chi connectivity index (χ4v) is 3.19. The molecule has 2 N–H and O–H groups in total. The van der Waals surface area contributed by atoms with Crippen molar-refractivity contribution in [2.75, 3.05) is 5.43 Å². The average molecular weight is 412 g/mol. The minimum absolute atomic E-state index is 0. The van der Waals surface area contributed by atoms with Crippen molar-refractivity contribution in [3.8, 4) is 5.75 Å². The van der Waals surface area contributed by atoms with Gasteiger partial charge in [-0.05, 0) is 40.2 Å². The lowest BCUT2D eigenvalue weighted by molar-refractivity contribution is 0.464. The maximum Gasteiger partial charge on any atom is 0.125 e. The molecule has 1 aromatic heterocycles. The van der Waals surface area contributed by atoms with E-state index in [0.29, 0.717) is 0 Å². The summed E-state index contributed by atoms with van der Waals surface area (Å²) in [6.45, 7) is 12.9. The number of para-hydroxylation sites is 1. The molecular formula is C24H30ClN3O. The Labute approximate surface area is 179 Å². The van der Waals surface area contributed by atoms with Gasteiger partial charge in [-0.1, -0.05) is 65.8 Å². The molecular weight excluding hydrogens is 382 g/mol. The summed E-state index contributed by atoms with van der Waals surface area (Å²) >= 11 is 0. The molecule has 0 aliphatic carbocycles. The van der Waals surface area contributed by atoms with Crippen LogP contribution in [-0.2, 0) is 10.8 Å². The van der Waals surface area contributed by atoms with Gasteiger partial charge in [-0.2, -0.15) is 5.10 Å². The summed E-state index contributed by atoms with van der Waals surface area (Å²) in [6, 6.07) is 13.9. The molecule has 3 rings (SSSR count). The number of fused-ring (bicyclic) bond motifs is 1. The topological polar surface area (TPSA) is 57.5 Å². The van der Waals surface area contributed by atoms with E-state index in [1.807, 2.05) is 36.4 Å². The molecule has 29 heavy (non-hydrogen) atoms. The van der Waals surface area contributed by atoms with Crippen molar-refractivity contribution in [2.24, 2.45) is 5.10 Å². The lowest BCUT2D eigenvalue weighted by Gasteiger charge is -2.27. The second kappa shape index (κ2) is 8.42. The molecule has 0 spiro atoms. The Morgan fingerprint density at radius 2 is 1.66 bits per heavy atom. The second-order valence-electron chi connectivity index (χ2n) is 9.21. The lowest BCUT2D eigenvalue weighted by Crippen LogP contribution is -2.18. The number of rotatable bonds is 3. The van der Waals surface area contributed by atoms with Crippen LogP contribution < -0.4 is 5.43 Å². The van der Waals surface area contributed by atoms with E-state index < -0.39 is 0 Å². The zero-order valence-electron chi connectivity index (χ0n) is 17.9. The Morgan fingerprint density at radius 3 is 2.31 bits per heavy atom. The Morgan fingerprint density at radius 1 is 0.966 bits per heavy atom. The molecule has 0 aliphatic heterocycles. The molecule has 0 radical (unpaired) electrons. The van der Waals surface area contributed by atoms with E-state index >= 15 is 0 Å². The van der Waals surface area contributed by atoms with E-state index in [1.54, 1.807) is 12.4 Å². The van der Waals surface area contributed by atoms with Crippen LogP contribution in [0.25, 0.3) is 10.9 Å². The Balaban J connectivity index is 0.00000300. The van der Waals surface area contributed by atoms with Crippen LogP contribution in [-0.4, -0.2) is 16.3 Å². The van der Waals surface area contributed by atoms with E-state index in [-0.39, 0.29) is 29.0 Å². The number of phenolic OH excluding ortho intramolecular Hbond substituents is 1. The van der Waals surface area contributed by atoms with Crippen LogP contribution in [0, 0.1) is 0 Å². The highest BCUT2D eigenvalue weighted by Gasteiger charge is 2.24. The molecule has 5 heteroatoms. The Kier molecular flexibility index (Phi) is 6.59. The zero-order valence-corrected chi connectivity index (χ0v) is 18.8. The maximum absolute atomic E-state index is 10.7. The number of hydrazone groups is 1. The highest BCUT2D eigenvalue weighted by atomic mass is 35.5. The van der Waals surface area contributed by atoms with Crippen molar-refractivity contribution in [3.05, 3.63) is 65.4 Å². The minimum atomic E-state index is -0.124. The average Bonchev–Trinajstić information content (AvgIpc) is 2.61. The Hall–Kier alpha value is -2.59. The summed E-state index contributed by atoms with van der Waals surface area (Å²) in [5, 5.41) is 16.2. The fourth-order valence-electron chi connectivity index (χ4n) is 3.19. The molecule has 0 unspecified atom stereocenters. The smallest absolute Gasteiger partial charge is 0.125 e. The van der Waals surface area contributed by atoms with Crippen molar-refractivity contribution in [2.45, 2.75) is 52.4 Å². The molecule has 154 valence electrons. The molecule has 4 nitrogen and oxygen atoms in total. The van der Waals surface area contributed by atoms with E-state index in [2.05, 4.69) is 63.1 Å². The summed E-state index contributed by atoms with van der Waals surface area (Å²) < 4.78 is 0.